The predicted octanol–water partition coefficient (Wildman–Crippen LogP) is 3.58. The molecule has 10 heteroatoms. The molecule has 0 unspecified atom stereocenters. The lowest BCUT2D eigenvalue weighted by Crippen LogP contribution is -2.26. The van der Waals surface area contributed by atoms with Gasteiger partial charge in [0.15, 0.2) is 11.6 Å². The molecule has 1 aliphatic rings. The SMILES string of the molecule is C[C@H](Nc1ncc(F)c(N2CCOC2=O)n1)c1cn(-c2ccc(Cl)cc2)cn1. The van der Waals surface area contributed by atoms with Crippen molar-refractivity contribution in [1.29, 1.82) is 0 Å². The largest absolute Gasteiger partial charge is 0.447 e. The second-order valence-electron chi connectivity index (χ2n) is 6.18. The third-order valence-electron chi connectivity index (χ3n) is 4.26. The topological polar surface area (TPSA) is 85.2 Å². The van der Waals surface area contributed by atoms with Crippen LogP contribution in [0, 0.1) is 5.82 Å². The first-order valence-corrected chi connectivity index (χ1v) is 8.92. The smallest absolute Gasteiger partial charge is 0.415 e. The number of benzene rings is 1. The fraction of sp³-hybridized carbons (Fsp3) is 0.222. The number of carbonyl (C=O) groups excluding carboxylic acids is 1. The summed E-state index contributed by atoms with van der Waals surface area (Å²) < 4.78 is 20.7. The van der Waals surface area contributed by atoms with Crippen LogP contribution in [0.2, 0.25) is 5.02 Å². The number of carbonyl (C=O) groups is 1. The molecule has 0 spiro atoms. The Labute approximate surface area is 164 Å². The zero-order valence-electron chi connectivity index (χ0n) is 14.8. The Bertz CT molecular complexity index is 1010. The van der Waals surface area contributed by atoms with Gasteiger partial charge in [-0.1, -0.05) is 11.6 Å². The lowest BCUT2D eigenvalue weighted by Gasteiger charge is -2.15. The average Bonchev–Trinajstić information content (AvgIpc) is 3.33. The van der Waals surface area contributed by atoms with E-state index in [1.54, 1.807) is 18.5 Å². The van der Waals surface area contributed by atoms with E-state index in [9.17, 15) is 9.18 Å². The van der Waals surface area contributed by atoms with E-state index in [1.165, 1.54) is 0 Å². The van der Waals surface area contributed by atoms with Crippen LogP contribution >= 0.6 is 11.6 Å². The summed E-state index contributed by atoms with van der Waals surface area (Å²) in [5.41, 5.74) is 1.66. The summed E-state index contributed by atoms with van der Waals surface area (Å²) in [7, 11) is 0. The van der Waals surface area contributed by atoms with Crippen molar-refractivity contribution in [3.8, 4) is 5.69 Å². The Hall–Kier alpha value is -3.20. The van der Waals surface area contributed by atoms with Crippen LogP contribution in [-0.4, -0.2) is 38.8 Å². The summed E-state index contributed by atoms with van der Waals surface area (Å²) in [6, 6.07) is 7.12. The monoisotopic (exact) mass is 402 g/mol. The molecule has 28 heavy (non-hydrogen) atoms. The van der Waals surface area contributed by atoms with Crippen molar-refractivity contribution >= 4 is 29.5 Å². The summed E-state index contributed by atoms with van der Waals surface area (Å²) in [6.07, 6.45) is 3.95. The van der Waals surface area contributed by atoms with Crippen molar-refractivity contribution in [3.63, 3.8) is 0 Å². The highest BCUT2D eigenvalue weighted by Gasteiger charge is 2.28. The molecule has 1 saturated heterocycles. The number of rotatable bonds is 5. The fourth-order valence-electron chi connectivity index (χ4n) is 2.79. The standard InChI is InChI=1S/C18H16ClFN6O2/c1-11(15-9-25(10-22-15)13-4-2-12(19)3-5-13)23-17-21-8-14(20)16(24-17)26-6-7-28-18(26)27/h2-5,8-11H,6-7H2,1H3,(H,21,23,24)/t11-/m0/s1. The van der Waals surface area contributed by atoms with Crippen LogP contribution in [0.4, 0.5) is 21.0 Å². The van der Waals surface area contributed by atoms with Gasteiger partial charge in [0.05, 0.1) is 30.8 Å². The number of hydrogen-bond donors (Lipinski definition) is 1. The molecule has 3 heterocycles. The lowest BCUT2D eigenvalue weighted by molar-refractivity contribution is 0.181. The summed E-state index contributed by atoms with van der Waals surface area (Å²) in [5, 5.41) is 3.73. The molecule has 4 rings (SSSR count). The van der Waals surface area contributed by atoms with Crippen LogP contribution in [0.1, 0.15) is 18.7 Å². The molecule has 1 aromatic carbocycles. The molecule has 0 saturated carbocycles. The van der Waals surface area contributed by atoms with Gasteiger partial charge < -0.3 is 14.6 Å². The van der Waals surface area contributed by atoms with E-state index in [0.717, 1.165) is 22.5 Å². The highest BCUT2D eigenvalue weighted by molar-refractivity contribution is 6.30. The molecule has 1 fully saturated rings. The quantitative estimate of drug-likeness (QED) is 0.702. The summed E-state index contributed by atoms with van der Waals surface area (Å²) in [4.78, 5) is 25.3. The number of imidazole rings is 1. The van der Waals surface area contributed by atoms with Crippen LogP contribution in [-0.2, 0) is 4.74 Å². The number of nitrogens with zero attached hydrogens (tertiary/aromatic N) is 5. The van der Waals surface area contributed by atoms with Gasteiger partial charge in [-0.05, 0) is 31.2 Å². The summed E-state index contributed by atoms with van der Waals surface area (Å²) in [5.74, 6) is -0.618. The Morgan fingerprint density at radius 1 is 1.29 bits per heavy atom. The zero-order chi connectivity index (χ0) is 19.7. The number of aromatic nitrogens is 4. The van der Waals surface area contributed by atoms with Gasteiger partial charge in [-0.15, -0.1) is 0 Å². The Balaban J connectivity index is 1.52. The van der Waals surface area contributed by atoms with E-state index in [1.807, 2.05) is 29.8 Å². The number of ether oxygens (including phenoxy) is 1. The van der Waals surface area contributed by atoms with Crippen molar-refractivity contribution in [2.75, 3.05) is 23.4 Å². The normalized spacial score (nSPS) is 14.8. The number of nitrogens with one attached hydrogen (secondary N) is 1. The molecule has 1 N–H and O–H groups in total. The molecule has 2 aromatic heterocycles. The van der Waals surface area contributed by atoms with Crippen molar-refractivity contribution < 1.29 is 13.9 Å². The highest BCUT2D eigenvalue weighted by Crippen LogP contribution is 2.23. The fourth-order valence-corrected chi connectivity index (χ4v) is 2.91. The molecule has 0 aliphatic carbocycles. The zero-order valence-corrected chi connectivity index (χ0v) is 15.6. The molecule has 0 bridgehead atoms. The Morgan fingerprint density at radius 2 is 2.07 bits per heavy atom. The van der Waals surface area contributed by atoms with E-state index >= 15 is 0 Å². The maximum absolute atomic E-state index is 14.0. The van der Waals surface area contributed by atoms with Gasteiger partial charge >= 0.3 is 6.09 Å². The van der Waals surface area contributed by atoms with Crippen molar-refractivity contribution in [1.82, 2.24) is 19.5 Å². The van der Waals surface area contributed by atoms with E-state index in [0.29, 0.717) is 5.02 Å². The second-order valence-corrected chi connectivity index (χ2v) is 6.62. The van der Waals surface area contributed by atoms with Crippen LogP contribution in [0.15, 0.2) is 43.0 Å². The van der Waals surface area contributed by atoms with Crippen LogP contribution < -0.4 is 10.2 Å². The van der Waals surface area contributed by atoms with Crippen LogP contribution in [0.3, 0.4) is 0 Å². The molecule has 1 atom stereocenters. The van der Waals surface area contributed by atoms with E-state index in [-0.39, 0.29) is 31.0 Å². The first-order valence-electron chi connectivity index (χ1n) is 8.54. The summed E-state index contributed by atoms with van der Waals surface area (Å²) >= 11 is 5.92. The molecule has 3 aromatic rings. The molecule has 8 nitrogen and oxygen atoms in total. The van der Waals surface area contributed by atoms with E-state index in [4.69, 9.17) is 16.3 Å². The van der Waals surface area contributed by atoms with Crippen LogP contribution in [0.25, 0.3) is 5.69 Å². The number of halogens is 2. The Kier molecular flexibility index (Phi) is 4.82. The molecule has 1 amide bonds. The number of hydrogen-bond acceptors (Lipinski definition) is 6. The van der Waals surface area contributed by atoms with Gasteiger partial charge in [0.2, 0.25) is 5.95 Å². The van der Waals surface area contributed by atoms with Gasteiger partial charge in [0.25, 0.3) is 0 Å². The third-order valence-corrected chi connectivity index (χ3v) is 4.51. The lowest BCUT2D eigenvalue weighted by atomic mass is 10.2. The maximum atomic E-state index is 14.0. The number of cyclic esters (lactones) is 1. The van der Waals surface area contributed by atoms with Gasteiger partial charge in [-0.25, -0.2) is 19.2 Å². The molecule has 0 radical (unpaired) electrons. The predicted molar refractivity (Wildman–Crippen MR) is 101 cm³/mol. The minimum Gasteiger partial charge on any atom is -0.447 e. The molecule has 1 aliphatic heterocycles. The van der Waals surface area contributed by atoms with Gasteiger partial charge in [-0.2, -0.15) is 4.98 Å². The van der Waals surface area contributed by atoms with Gasteiger partial charge in [0.1, 0.15) is 6.61 Å². The minimum atomic E-state index is -0.691. The van der Waals surface area contributed by atoms with E-state index in [2.05, 4.69) is 20.3 Å². The van der Waals surface area contributed by atoms with Crippen LogP contribution in [0.5, 0.6) is 0 Å². The third kappa shape index (κ3) is 3.61. The van der Waals surface area contributed by atoms with E-state index < -0.39 is 11.9 Å². The average molecular weight is 403 g/mol. The summed E-state index contributed by atoms with van der Waals surface area (Å²) in [6.45, 7) is 2.32. The molecule has 144 valence electrons. The molecular weight excluding hydrogens is 387 g/mol. The highest BCUT2D eigenvalue weighted by atomic mass is 35.5. The minimum absolute atomic E-state index is 0.112. The first-order chi connectivity index (χ1) is 13.5. The molecular formula is C18H16ClFN6O2. The Morgan fingerprint density at radius 3 is 2.79 bits per heavy atom. The number of anilines is 2. The van der Waals surface area contributed by atoms with Crippen molar-refractivity contribution in [3.05, 3.63) is 59.5 Å². The second kappa shape index (κ2) is 7.43. The van der Waals surface area contributed by atoms with Gasteiger partial charge in [0, 0.05) is 16.9 Å². The van der Waals surface area contributed by atoms with Gasteiger partial charge in [-0.3, -0.25) is 4.90 Å². The van der Waals surface area contributed by atoms with Crippen molar-refractivity contribution in [2.24, 2.45) is 0 Å². The van der Waals surface area contributed by atoms with Crippen molar-refractivity contribution in [2.45, 2.75) is 13.0 Å². The first kappa shape index (κ1) is 18.2. The number of amides is 1. The maximum Gasteiger partial charge on any atom is 0.415 e.